The third-order valence-corrected chi connectivity index (χ3v) is 6.88. The number of nitriles is 1. The lowest BCUT2D eigenvalue weighted by Crippen LogP contribution is -2.22. The van der Waals surface area contributed by atoms with Crippen molar-refractivity contribution in [1.82, 2.24) is 19.7 Å². The predicted molar refractivity (Wildman–Crippen MR) is 117 cm³/mol. The van der Waals surface area contributed by atoms with E-state index in [1.165, 1.54) is 11.8 Å². The highest BCUT2D eigenvalue weighted by molar-refractivity contribution is 7.99. The number of nitrogens with zero attached hydrogens (tertiary/aromatic N) is 4. The van der Waals surface area contributed by atoms with Crippen LogP contribution in [0.4, 0.5) is 5.82 Å². The fourth-order valence-electron chi connectivity index (χ4n) is 3.48. The first-order valence-electron chi connectivity index (χ1n) is 9.67. The molecule has 1 fully saturated rings. The van der Waals surface area contributed by atoms with E-state index in [9.17, 15) is 10.1 Å². The molecule has 4 heterocycles. The van der Waals surface area contributed by atoms with Crippen LogP contribution in [0.2, 0.25) is 0 Å². The summed E-state index contributed by atoms with van der Waals surface area (Å²) in [5.74, 6) is 1.18. The Morgan fingerprint density at radius 1 is 1.53 bits per heavy atom. The zero-order valence-electron chi connectivity index (χ0n) is 16.8. The number of hydrogen-bond donors (Lipinski definition) is 2. The molecule has 10 heteroatoms. The molecular weight excluding hydrogens is 420 g/mol. The minimum atomic E-state index is -0.204. The Morgan fingerprint density at radius 3 is 3.10 bits per heavy atom. The van der Waals surface area contributed by atoms with Gasteiger partial charge in [0.2, 0.25) is 11.1 Å². The molecule has 0 aliphatic carbocycles. The standard InChI is InChI=1S/C20H22N6O2S2/c1-12-13(2)26(10-14-5-3-7-28-14)19(15(12)9-21)22-17(27)11-30-20-23-18(24-25-20)16-6-4-8-29-16/h4,6,8,14H,3,5,7,10-11H2,1-2H3,(H,22,27)(H,23,24,25). The van der Waals surface area contributed by atoms with Gasteiger partial charge in [-0.25, -0.2) is 4.98 Å². The van der Waals surface area contributed by atoms with Crippen molar-refractivity contribution >= 4 is 34.8 Å². The number of hydrogen-bond acceptors (Lipinski definition) is 7. The van der Waals surface area contributed by atoms with Gasteiger partial charge in [-0.1, -0.05) is 17.8 Å². The van der Waals surface area contributed by atoms with Crippen molar-refractivity contribution in [1.29, 1.82) is 5.26 Å². The van der Waals surface area contributed by atoms with Crippen LogP contribution in [0.25, 0.3) is 10.7 Å². The molecule has 4 rings (SSSR count). The molecule has 0 bridgehead atoms. The molecule has 2 N–H and O–H groups in total. The summed E-state index contributed by atoms with van der Waals surface area (Å²) in [5, 5.41) is 22.1. The highest BCUT2D eigenvalue weighted by Crippen LogP contribution is 2.29. The topological polar surface area (TPSA) is 109 Å². The average molecular weight is 443 g/mol. The highest BCUT2D eigenvalue weighted by Gasteiger charge is 2.24. The Kier molecular flexibility index (Phi) is 6.22. The van der Waals surface area contributed by atoms with Crippen LogP contribution in [0.3, 0.4) is 0 Å². The summed E-state index contributed by atoms with van der Waals surface area (Å²) in [7, 11) is 0. The quantitative estimate of drug-likeness (QED) is 0.540. The zero-order chi connectivity index (χ0) is 21.1. The lowest BCUT2D eigenvalue weighted by Gasteiger charge is -2.16. The van der Waals surface area contributed by atoms with Gasteiger partial charge in [-0.05, 0) is 43.7 Å². The van der Waals surface area contributed by atoms with Gasteiger partial charge in [0.25, 0.3) is 0 Å². The van der Waals surface area contributed by atoms with Gasteiger partial charge in [0.05, 0.1) is 28.8 Å². The number of nitrogens with one attached hydrogen (secondary N) is 2. The van der Waals surface area contributed by atoms with Crippen molar-refractivity contribution in [2.24, 2.45) is 0 Å². The van der Waals surface area contributed by atoms with Crippen molar-refractivity contribution in [3.63, 3.8) is 0 Å². The van der Waals surface area contributed by atoms with Crippen molar-refractivity contribution < 1.29 is 9.53 Å². The van der Waals surface area contributed by atoms with Gasteiger partial charge in [-0.15, -0.1) is 16.4 Å². The van der Waals surface area contributed by atoms with E-state index in [2.05, 4.69) is 26.6 Å². The monoisotopic (exact) mass is 442 g/mol. The van der Waals surface area contributed by atoms with E-state index < -0.39 is 0 Å². The fraction of sp³-hybridized carbons (Fsp3) is 0.400. The summed E-state index contributed by atoms with van der Waals surface area (Å²) in [6, 6.07) is 6.15. The van der Waals surface area contributed by atoms with Crippen LogP contribution in [-0.4, -0.2) is 44.1 Å². The highest BCUT2D eigenvalue weighted by atomic mass is 32.2. The number of carbonyl (C=O) groups excluding carboxylic acids is 1. The maximum Gasteiger partial charge on any atom is 0.235 e. The predicted octanol–water partition coefficient (Wildman–Crippen LogP) is 3.73. The molecule has 1 amide bonds. The third-order valence-electron chi connectivity index (χ3n) is 5.16. The van der Waals surface area contributed by atoms with Gasteiger partial charge in [-0.2, -0.15) is 5.26 Å². The first kappa shape index (κ1) is 20.7. The third kappa shape index (κ3) is 4.28. The molecule has 0 saturated carbocycles. The molecule has 1 atom stereocenters. The number of anilines is 1. The van der Waals surface area contributed by atoms with Gasteiger partial charge in [0, 0.05) is 12.3 Å². The molecule has 3 aromatic rings. The molecule has 0 spiro atoms. The van der Waals surface area contributed by atoms with E-state index in [1.54, 1.807) is 11.3 Å². The Hall–Kier alpha value is -2.61. The van der Waals surface area contributed by atoms with Crippen LogP contribution in [-0.2, 0) is 16.1 Å². The first-order chi connectivity index (χ1) is 14.6. The molecule has 1 saturated heterocycles. The Morgan fingerprint density at radius 2 is 2.40 bits per heavy atom. The summed E-state index contributed by atoms with van der Waals surface area (Å²) in [6.07, 6.45) is 2.13. The molecule has 156 valence electrons. The second kappa shape index (κ2) is 9.04. The van der Waals surface area contributed by atoms with Crippen molar-refractivity contribution in [2.75, 3.05) is 17.7 Å². The van der Waals surface area contributed by atoms with E-state index >= 15 is 0 Å². The van der Waals surface area contributed by atoms with Crippen LogP contribution in [0, 0.1) is 25.2 Å². The number of aromatic nitrogens is 4. The number of thiophene rings is 1. The van der Waals surface area contributed by atoms with E-state index in [0.717, 1.165) is 35.6 Å². The van der Waals surface area contributed by atoms with E-state index in [0.29, 0.717) is 28.9 Å². The number of aromatic amines is 1. The largest absolute Gasteiger partial charge is 0.376 e. The smallest absolute Gasteiger partial charge is 0.235 e. The summed E-state index contributed by atoms with van der Waals surface area (Å²) in [6.45, 7) is 5.26. The molecule has 8 nitrogen and oxygen atoms in total. The minimum absolute atomic E-state index is 0.107. The Labute approximate surface area is 182 Å². The molecular formula is C20H22N6O2S2. The fourth-order valence-corrected chi connectivity index (χ4v) is 4.75. The van der Waals surface area contributed by atoms with Crippen LogP contribution < -0.4 is 5.32 Å². The normalized spacial score (nSPS) is 16.0. The van der Waals surface area contributed by atoms with Gasteiger partial charge >= 0.3 is 0 Å². The minimum Gasteiger partial charge on any atom is -0.376 e. The van der Waals surface area contributed by atoms with Crippen molar-refractivity contribution in [2.45, 2.75) is 44.5 Å². The lowest BCUT2D eigenvalue weighted by molar-refractivity contribution is -0.113. The number of carbonyl (C=O) groups is 1. The van der Waals surface area contributed by atoms with Crippen LogP contribution in [0.15, 0.2) is 22.7 Å². The SMILES string of the molecule is Cc1c(C#N)c(NC(=O)CSc2n[nH]c(-c3cccs3)n2)n(CC2CCCO2)c1C. The Balaban J connectivity index is 1.44. The van der Waals surface area contributed by atoms with Gasteiger partial charge in [-0.3, -0.25) is 9.89 Å². The molecule has 1 unspecified atom stereocenters. The molecule has 0 radical (unpaired) electrons. The van der Waals surface area contributed by atoms with Gasteiger partial charge in [0.1, 0.15) is 11.9 Å². The van der Waals surface area contributed by atoms with Crippen molar-refractivity contribution in [3.8, 4) is 16.8 Å². The number of rotatable bonds is 7. The second-order valence-corrected chi connectivity index (χ2v) is 8.96. The number of thioether (sulfide) groups is 1. The Bertz CT molecular complexity index is 1070. The molecule has 0 aromatic carbocycles. The summed E-state index contributed by atoms with van der Waals surface area (Å²) < 4.78 is 7.75. The van der Waals surface area contributed by atoms with Crippen molar-refractivity contribution in [3.05, 3.63) is 34.3 Å². The molecule has 1 aliphatic rings. The van der Waals surface area contributed by atoms with E-state index in [4.69, 9.17) is 4.74 Å². The zero-order valence-corrected chi connectivity index (χ0v) is 18.4. The summed E-state index contributed by atoms with van der Waals surface area (Å²) in [5.41, 5.74) is 2.36. The molecule has 3 aromatic heterocycles. The number of amides is 1. The van der Waals surface area contributed by atoms with E-state index in [-0.39, 0.29) is 17.8 Å². The van der Waals surface area contributed by atoms with Crippen LogP contribution in [0.1, 0.15) is 29.7 Å². The van der Waals surface area contributed by atoms with Gasteiger partial charge in [0.15, 0.2) is 5.82 Å². The molecule has 1 aliphatic heterocycles. The second-order valence-electron chi connectivity index (χ2n) is 7.07. The summed E-state index contributed by atoms with van der Waals surface area (Å²) in [4.78, 5) is 18.1. The lowest BCUT2D eigenvalue weighted by atomic mass is 10.2. The maximum absolute atomic E-state index is 12.6. The van der Waals surface area contributed by atoms with Crippen LogP contribution >= 0.6 is 23.1 Å². The maximum atomic E-state index is 12.6. The first-order valence-corrected chi connectivity index (χ1v) is 11.5. The number of H-pyrrole nitrogens is 1. The van der Waals surface area contributed by atoms with Gasteiger partial charge < -0.3 is 14.6 Å². The van der Waals surface area contributed by atoms with Crippen LogP contribution in [0.5, 0.6) is 0 Å². The molecule has 30 heavy (non-hydrogen) atoms. The summed E-state index contributed by atoms with van der Waals surface area (Å²) >= 11 is 2.82. The average Bonchev–Trinajstić information content (AvgIpc) is 3.53. The van der Waals surface area contributed by atoms with E-state index in [1.807, 2.05) is 35.9 Å². The number of ether oxygens (including phenoxy) is 1.